The van der Waals surface area contributed by atoms with Gasteiger partial charge in [-0.05, 0) is 31.9 Å². The number of ether oxygens (including phenoxy) is 2. The van der Waals surface area contributed by atoms with E-state index in [9.17, 15) is 0 Å². The molecule has 98 valence electrons. The summed E-state index contributed by atoms with van der Waals surface area (Å²) in [5.41, 5.74) is 0.133. The monoisotopic (exact) mass is 248 g/mol. The molecule has 2 fully saturated rings. The Morgan fingerprint density at radius 3 is 3.39 bits per heavy atom. The Morgan fingerprint density at radius 1 is 1.50 bits per heavy atom. The Kier molecular flexibility index (Phi) is 3.48. The predicted molar refractivity (Wildman–Crippen MR) is 68.6 cm³/mol. The minimum Gasteiger partial charge on any atom is -0.477 e. The molecule has 3 rings (SSSR count). The predicted octanol–water partition coefficient (Wildman–Crippen LogP) is 1.62. The van der Waals surface area contributed by atoms with Gasteiger partial charge in [-0.3, -0.25) is 0 Å². The smallest absolute Gasteiger partial charge is 0.213 e. The van der Waals surface area contributed by atoms with Crippen molar-refractivity contribution in [3.05, 3.63) is 24.4 Å². The number of hydrogen-bond donors (Lipinski definition) is 1. The lowest BCUT2D eigenvalue weighted by Gasteiger charge is -2.46. The molecule has 2 saturated heterocycles. The normalized spacial score (nSPS) is 31.7. The zero-order valence-corrected chi connectivity index (χ0v) is 10.6. The number of fused-ring (bicyclic) bond motifs is 1. The SMILES string of the molecule is c1ccc(OCC23CCCOC2CCNC3)nc1. The van der Waals surface area contributed by atoms with Crippen molar-refractivity contribution in [1.82, 2.24) is 10.3 Å². The van der Waals surface area contributed by atoms with Crippen LogP contribution in [0.1, 0.15) is 19.3 Å². The number of pyridine rings is 1. The zero-order chi connectivity index (χ0) is 12.3. The molecule has 2 aliphatic heterocycles. The van der Waals surface area contributed by atoms with Crippen LogP contribution in [0.5, 0.6) is 5.88 Å². The van der Waals surface area contributed by atoms with Gasteiger partial charge in [-0.1, -0.05) is 6.07 Å². The topological polar surface area (TPSA) is 43.4 Å². The highest BCUT2D eigenvalue weighted by atomic mass is 16.5. The summed E-state index contributed by atoms with van der Waals surface area (Å²) in [6, 6.07) is 5.76. The molecule has 0 aromatic carbocycles. The lowest BCUT2D eigenvalue weighted by atomic mass is 9.73. The van der Waals surface area contributed by atoms with E-state index < -0.39 is 0 Å². The van der Waals surface area contributed by atoms with Gasteiger partial charge in [0, 0.05) is 30.8 Å². The molecule has 0 radical (unpaired) electrons. The van der Waals surface area contributed by atoms with Crippen molar-refractivity contribution in [3.63, 3.8) is 0 Å². The average Bonchev–Trinajstić information content (AvgIpc) is 2.46. The second-order valence-corrected chi connectivity index (χ2v) is 5.25. The Hall–Kier alpha value is -1.13. The van der Waals surface area contributed by atoms with Crippen LogP contribution in [0.4, 0.5) is 0 Å². The molecule has 1 aromatic rings. The van der Waals surface area contributed by atoms with Crippen LogP contribution in [0.3, 0.4) is 0 Å². The molecule has 18 heavy (non-hydrogen) atoms. The highest BCUT2D eigenvalue weighted by molar-refractivity contribution is 5.10. The van der Waals surface area contributed by atoms with E-state index in [2.05, 4.69) is 10.3 Å². The van der Waals surface area contributed by atoms with Crippen molar-refractivity contribution in [2.45, 2.75) is 25.4 Å². The van der Waals surface area contributed by atoms with Gasteiger partial charge in [0.2, 0.25) is 5.88 Å². The maximum absolute atomic E-state index is 5.93. The highest BCUT2D eigenvalue weighted by Gasteiger charge is 2.44. The summed E-state index contributed by atoms with van der Waals surface area (Å²) in [6.07, 6.45) is 5.50. The van der Waals surface area contributed by atoms with Crippen LogP contribution in [-0.4, -0.2) is 37.4 Å². The molecule has 4 heteroatoms. The van der Waals surface area contributed by atoms with Crippen molar-refractivity contribution < 1.29 is 9.47 Å². The first-order valence-electron chi connectivity index (χ1n) is 6.75. The second kappa shape index (κ2) is 5.24. The number of aromatic nitrogens is 1. The number of rotatable bonds is 3. The van der Waals surface area contributed by atoms with Crippen LogP contribution in [-0.2, 0) is 4.74 Å². The maximum atomic E-state index is 5.93. The molecule has 3 heterocycles. The van der Waals surface area contributed by atoms with E-state index in [1.807, 2.05) is 18.2 Å². The fourth-order valence-electron chi connectivity index (χ4n) is 3.02. The van der Waals surface area contributed by atoms with E-state index in [1.54, 1.807) is 6.20 Å². The van der Waals surface area contributed by atoms with E-state index in [0.717, 1.165) is 32.5 Å². The Labute approximate surface area is 108 Å². The van der Waals surface area contributed by atoms with Crippen LogP contribution in [0.15, 0.2) is 24.4 Å². The second-order valence-electron chi connectivity index (χ2n) is 5.25. The third kappa shape index (κ3) is 2.35. The molecule has 1 N–H and O–H groups in total. The molecule has 0 spiro atoms. The van der Waals surface area contributed by atoms with Crippen molar-refractivity contribution in [1.29, 1.82) is 0 Å². The zero-order valence-electron chi connectivity index (χ0n) is 10.6. The summed E-state index contributed by atoms with van der Waals surface area (Å²) in [5.74, 6) is 0.710. The lowest BCUT2D eigenvalue weighted by Crippen LogP contribution is -2.56. The van der Waals surface area contributed by atoms with Gasteiger partial charge in [0.15, 0.2) is 0 Å². The van der Waals surface area contributed by atoms with Crippen molar-refractivity contribution in [3.8, 4) is 5.88 Å². The average molecular weight is 248 g/mol. The summed E-state index contributed by atoms with van der Waals surface area (Å²) < 4.78 is 11.8. The van der Waals surface area contributed by atoms with Crippen molar-refractivity contribution in [2.75, 3.05) is 26.3 Å². The fraction of sp³-hybridized carbons (Fsp3) is 0.643. The highest BCUT2D eigenvalue weighted by Crippen LogP contribution is 2.37. The molecule has 0 aliphatic carbocycles. The first-order chi connectivity index (χ1) is 8.89. The summed E-state index contributed by atoms with van der Waals surface area (Å²) in [6.45, 7) is 3.64. The van der Waals surface area contributed by atoms with Crippen molar-refractivity contribution >= 4 is 0 Å². The molecular weight excluding hydrogens is 228 g/mol. The molecule has 0 amide bonds. The van der Waals surface area contributed by atoms with Crippen LogP contribution in [0.25, 0.3) is 0 Å². The quantitative estimate of drug-likeness (QED) is 0.882. The molecule has 2 aliphatic rings. The minimum absolute atomic E-state index is 0.133. The van der Waals surface area contributed by atoms with Crippen LogP contribution in [0, 0.1) is 5.41 Å². The molecule has 0 bridgehead atoms. The number of hydrogen-bond acceptors (Lipinski definition) is 4. The van der Waals surface area contributed by atoms with E-state index in [-0.39, 0.29) is 5.41 Å². The molecule has 4 nitrogen and oxygen atoms in total. The largest absolute Gasteiger partial charge is 0.477 e. The summed E-state index contributed by atoms with van der Waals surface area (Å²) >= 11 is 0. The van der Waals surface area contributed by atoms with Gasteiger partial charge in [-0.2, -0.15) is 0 Å². The van der Waals surface area contributed by atoms with Gasteiger partial charge in [0.05, 0.1) is 12.7 Å². The molecule has 0 saturated carbocycles. The third-order valence-electron chi connectivity index (χ3n) is 4.03. The number of nitrogens with one attached hydrogen (secondary N) is 1. The first kappa shape index (κ1) is 11.9. The Morgan fingerprint density at radius 2 is 2.50 bits per heavy atom. The number of piperidine rings is 1. The molecule has 2 atom stereocenters. The van der Waals surface area contributed by atoms with Gasteiger partial charge in [0.25, 0.3) is 0 Å². The Balaban J connectivity index is 1.68. The van der Waals surface area contributed by atoms with E-state index in [1.165, 1.54) is 6.42 Å². The van der Waals surface area contributed by atoms with Crippen LogP contribution in [0.2, 0.25) is 0 Å². The van der Waals surface area contributed by atoms with Crippen LogP contribution < -0.4 is 10.1 Å². The maximum Gasteiger partial charge on any atom is 0.213 e. The van der Waals surface area contributed by atoms with Crippen LogP contribution >= 0.6 is 0 Å². The third-order valence-corrected chi connectivity index (χ3v) is 4.03. The summed E-state index contributed by atoms with van der Waals surface area (Å²) in [7, 11) is 0. The summed E-state index contributed by atoms with van der Waals surface area (Å²) in [5, 5.41) is 3.48. The van der Waals surface area contributed by atoms with Crippen molar-refractivity contribution in [2.24, 2.45) is 5.41 Å². The van der Waals surface area contributed by atoms with E-state index in [0.29, 0.717) is 18.6 Å². The standard InChI is InChI=1S/C14H20N2O2/c1-2-7-16-13(4-1)18-11-14-6-3-9-17-12(14)5-8-15-10-14/h1-2,4,7,12,15H,3,5-6,8-11H2. The van der Waals surface area contributed by atoms with Gasteiger partial charge in [-0.25, -0.2) is 4.98 Å². The van der Waals surface area contributed by atoms with E-state index >= 15 is 0 Å². The van der Waals surface area contributed by atoms with Gasteiger partial charge in [-0.15, -0.1) is 0 Å². The summed E-state index contributed by atoms with van der Waals surface area (Å²) in [4.78, 5) is 4.21. The number of nitrogens with zero attached hydrogens (tertiary/aromatic N) is 1. The molecular formula is C14H20N2O2. The molecule has 1 aromatic heterocycles. The lowest BCUT2D eigenvalue weighted by molar-refractivity contribution is -0.115. The van der Waals surface area contributed by atoms with Gasteiger partial charge in [0.1, 0.15) is 0 Å². The fourth-order valence-corrected chi connectivity index (χ4v) is 3.02. The molecule has 2 unspecified atom stereocenters. The first-order valence-corrected chi connectivity index (χ1v) is 6.75. The Bertz CT molecular complexity index is 371. The minimum atomic E-state index is 0.133. The van der Waals surface area contributed by atoms with E-state index in [4.69, 9.17) is 9.47 Å². The van der Waals surface area contributed by atoms with Gasteiger partial charge < -0.3 is 14.8 Å². The van der Waals surface area contributed by atoms with Gasteiger partial charge >= 0.3 is 0 Å².